The maximum atomic E-state index is 13.2. The quantitative estimate of drug-likeness (QED) is 0.695. The minimum Gasteiger partial charge on any atom is -0.495 e. The third-order valence-corrected chi connectivity index (χ3v) is 6.36. The lowest BCUT2D eigenvalue weighted by Gasteiger charge is -2.35. The maximum absolute atomic E-state index is 13.2. The zero-order valence-electron chi connectivity index (χ0n) is 18.1. The van der Waals surface area contributed by atoms with E-state index in [-0.39, 0.29) is 6.03 Å². The fourth-order valence-corrected chi connectivity index (χ4v) is 4.54. The van der Waals surface area contributed by atoms with Gasteiger partial charge in [-0.05, 0) is 60.1 Å². The van der Waals surface area contributed by atoms with Gasteiger partial charge in [0.05, 0.1) is 12.8 Å². The second-order valence-corrected chi connectivity index (χ2v) is 8.34. The van der Waals surface area contributed by atoms with Crippen LogP contribution in [0.3, 0.4) is 0 Å². The number of nitrogens with zero attached hydrogens (tertiary/aromatic N) is 3. The van der Waals surface area contributed by atoms with Gasteiger partial charge < -0.3 is 19.9 Å². The number of fused-ring (bicyclic) bond motifs is 2. The van der Waals surface area contributed by atoms with Crippen LogP contribution in [0.5, 0.6) is 5.75 Å². The van der Waals surface area contributed by atoms with Crippen molar-refractivity contribution in [1.82, 2.24) is 4.90 Å². The van der Waals surface area contributed by atoms with Gasteiger partial charge in [-0.2, -0.15) is 0 Å². The maximum Gasteiger partial charge on any atom is 0.326 e. The molecular weight excluding hydrogens is 388 g/mol. The molecule has 0 atom stereocenters. The molecule has 1 saturated heterocycles. The van der Waals surface area contributed by atoms with E-state index in [0.29, 0.717) is 6.54 Å². The number of piperazine rings is 1. The Bertz CT molecular complexity index is 1120. The van der Waals surface area contributed by atoms with E-state index in [4.69, 9.17) is 4.74 Å². The Morgan fingerprint density at radius 2 is 1.65 bits per heavy atom. The Hall–Kier alpha value is -3.25. The molecule has 6 nitrogen and oxygen atoms in total. The second kappa shape index (κ2) is 8.12. The fourth-order valence-electron chi connectivity index (χ4n) is 4.54. The molecule has 6 heteroatoms. The van der Waals surface area contributed by atoms with Crippen molar-refractivity contribution in [1.29, 1.82) is 0 Å². The molecule has 0 aliphatic carbocycles. The van der Waals surface area contributed by atoms with Crippen molar-refractivity contribution in [2.24, 2.45) is 0 Å². The molecule has 5 rings (SSSR count). The van der Waals surface area contributed by atoms with Crippen LogP contribution in [0.1, 0.15) is 5.56 Å². The number of rotatable bonds is 3. The highest BCUT2D eigenvalue weighted by molar-refractivity contribution is 6.05. The number of benzene rings is 3. The lowest BCUT2D eigenvalue weighted by atomic mass is 10.1. The first-order chi connectivity index (χ1) is 15.1. The van der Waals surface area contributed by atoms with Crippen LogP contribution in [-0.4, -0.2) is 57.8 Å². The summed E-state index contributed by atoms with van der Waals surface area (Å²) in [5, 5.41) is 5.48. The van der Waals surface area contributed by atoms with E-state index in [9.17, 15) is 4.79 Å². The molecule has 2 heterocycles. The Labute approximate surface area is 183 Å². The Morgan fingerprint density at radius 3 is 2.39 bits per heavy atom. The molecule has 31 heavy (non-hydrogen) atoms. The van der Waals surface area contributed by atoms with E-state index >= 15 is 0 Å². The third-order valence-electron chi connectivity index (χ3n) is 6.36. The number of hydrogen-bond acceptors (Lipinski definition) is 4. The monoisotopic (exact) mass is 416 g/mol. The predicted molar refractivity (Wildman–Crippen MR) is 127 cm³/mol. The van der Waals surface area contributed by atoms with Gasteiger partial charge in [0.15, 0.2) is 0 Å². The lowest BCUT2D eigenvalue weighted by Crippen LogP contribution is -2.44. The molecule has 0 saturated carbocycles. The lowest BCUT2D eigenvalue weighted by molar-refractivity contribution is 0.257. The van der Waals surface area contributed by atoms with Crippen molar-refractivity contribution >= 4 is 33.9 Å². The average Bonchev–Trinajstić information content (AvgIpc) is 3.21. The summed E-state index contributed by atoms with van der Waals surface area (Å²) in [6.07, 6.45) is 0.878. The number of carbonyl (C=O) groups is 1. The minimum absolute atomic E-state index is 0.0940. The van der Waals surface area contributed by atoms with Crippen LogP contribution >= 0.6 is 0 Å². The summed E-state index contributed by atoms with van der Waals surface area (Å²) in [7, 11) is 3.83. The fraction of sp³-hybridized carbons (Fsp3) is 0.320. The Kier molecular flexibility index (Phi) is 5.16. The molecule has 2 amide bonds. The summed E-state index contributed by atoms with van der Waals surface area (Å²) in [4.78, 5) is 19.7. The van der Waals surface area contributed by atoms with Crippen molar-refractivity contribution in [3.8, 4) is 5.75 Å². The van der Waals surface area contributed by atoms with E-state index in [1.54, 1.807) is 7.11 Å². The number of likely N-dealkylation sites (N-methyl/N-ethyl adjacent to an activating group) is 1. The zero-order chi connectivity index (χ0) is 21.4. The van der Waals surface area contributed by atoms with E-state index in [1.807, 2.05) is 29.2 Å². The Balaban J connectivity index is 1.38. The van der Waals surface area contributed by atoms with Crippen molar-refractivity contribution < 1.29 is 9.53 Å². The normalized spacial score (nSPS) is 16.5. The summed E-state index contributed by atoms with van der Waals surface area (Å²) in [5.41, 5.74) is 4.04. The molecule has 2 aliphatic heterocycles. The van der Waals surface area contributed by atoms with Crippen LogP contribution in [0.25, 0.3) is 10.8 Å². The van der Waals surface area contributed by atoms with Crippen LogP contribution < -0.4 is 19.9 Å². The summed E-state index contributed by atoms with van der Waals surface area (Å²) < 4.78 is 5.59. The van der Waals surface area contributed by atoms with Crippen LogP contribution in [0, 0.1) is 0 Å². The molecule has 0 aromatic heterocycles. The van der Waals surface area contributed by atoms with Crippen LogP contribution in [-0.2, 0) is 6.42 Å². The summed E-state index contributed by atoms with van der Waals surface area (Å²) in [6, 6.07) is 18.4. The highest BCUT2D eigenvalue weighted by Gasteiger charge is 2.26. The van der Waals surface area contributed by atoms with Crippen LogP contribution in [0.4, 0.5) is 21.9 Å². The molecule has 2 aliphatic rings. The van der Waals surface area contributed by atoms with Gasteiger partial charge >= 0.3 is 6.03 Å². The molecule has 160 valence electrons. The topological polar surface area (TPSA) is 48.1 Å². The number of amides is 2. The smallest absolute Gasteiger partial charge is 0.326 e. The largest absolute Gasteiger partial charge is 0.495 e. The number of ether oxygens (including phenoxy) is 1. The van der Waals surface area contributed by atoms with Gasteiger partial charge in [0.2, 0.25) is 0 Å². The van der Waals surface area contributed by atoms with Crippen molar-refractivity contribution in [3.63, 3.8) is 0 Å². The van der Waals surface area contributed by atoms with Crippen molar-refractivity contribution in [2.45, 2.75) is 6.42 Å². The van der Waals surface area contributed by atoms with Crippen LogP contribution in [0.15, 0.2) is 54.6 Å². The first-order valence-corrected chi connectivity index (χ1v) is 10.8. The minimum atomic E-state index is -0.0940. The van der Waals surface area contributed by atoms with Gasteiger partial charge in [0, 0.05) is 44.1 Å². The van der Waals surface area contributed by atoms with Crippen molar-refractivity contribution in [3.05, 3.63) is 60.2 Å². The molecule has 1 fully saturated rings. The van der Waals surface area contributed by atoms with E-state index < -0.39 is 0 Å². The van der Waals surface area contributed by atoms with E-state index in [1.165, 1.54) is 10.9 Å². The number of nitrogens with one attached hydrogen (secondary N) is 1. The first kappa shape index (κ1) is 19.7. The number of carbonyl (C=O) groups excluding carboxylic acids is 1. The standard InChI is InChI=1S/C25H28N4O2/c1-27-11-13-28(14-12-27)23-17-21(7-8-24(23)31-2)26-25(30)29-10-9-20-15-18-5-3-4-6-19(18)16-22(20)29/h3-8,15-17H,9-14H2,1-2H3,(H,26,30). The molecule has 0 unspecified atom stereocenters. The molecular formula is C25H28N4O2. The van der Waals surface area contributed by atoms with Gasteiger partial charge in [-0.3, -0.25) is 4.90 Å². The molecule has 0 radical (unpaired) electrons. The molecule has 0 bridgehead atoms. The van der Waals surface area contributed by atoms with Gasteiger partial charge in [0.25, 0.3) is 0 Å². The van der Waals surface area contributed by atoms with Gasteiger partial charge in [0.1, 0.15) is 5.75 Å². The summed E-state index contributed by atoms with van der Waals surface area (Å²) >= 11 is 0. The molecule has 3 aromatic carbocycles. The summed E-state index contributed by atoms with van der Waals surface area (Å²) in [6.45, 7) is 4.60. The van der Waals surface area contributed by atoms with Gasteiger partial charge in [-0.1, -0.05) is 24.3 Å². The van der Waals surface area contributed by atoms with Gasteiger partial charge in [-0.15, -0.1) is 0 Å². The molecule has 1 N–H and O–H groups in total. The SMILES string of the molecule is COc1ccc(NC(=O)N2CCc3cc4ccccc4cc32)cc1N1CCN(C)CC1. The number of hydrogen-bond donors (Lipinski definition) is 1. The van der Waals surface area contributed by atoms with Gasteiger partial charge in [-0.25, -0.2) is 4.79 Å². The predicted octanol–water partition coefficient (Wildman–Crippen LogP) is 4.19. The number of urea groups is 1. The molecule has 0 spiro atoms. The third kappa shape index (κ3) is 3.79. The Morgan fingerprint density at radius 1 is 0.903 bits per heavy atom. The highest BCUT2D eigenvalue weighted by atomic mass is 16.5. The van der Waals surface area contributed by atoms with Crippen molar-refractivity contribution in [2.75, 3.05) is 62.0 Å². The summed E-state index contributed by atoms with van der Waals surface area (Å²) in [5.74, 6) is 0.834. The van der Waals surface area contributed by atoms with E-state index in [0.717, 1.165) is 60.8 Å². The first-order valence-electron chi connectivity index (χ1n) is 10.8. The molecule has 3 aromatic rings. The number of methoxy groups -OCH3 is 1. The average molecular weight is 417 g/mol. The second-order valence-electron chi connectivity index (χ2n) is 8.34. The highest BCUT2D eigenvalue weighted by Crippen LogP contribution is 2.35. The zero-order valence-corrected chi connectivity index (χ0v) is 18.1. The number of anilines is 3. The van der Waals surface area contributed by atoms with Crippen LogP contribution in [0.2, 0.25) is 0 Å². The van der Waals surface area contributed by atoms with E-state index in [2.05, 4.69) is 52.5 Å².